The Kier molecular flexibility index (Phi) is 9.48. The highest BCUT2D eigenvalue weighted by molar-refractivity contribution is 5.85. The van der Waals surface area contributed by atoms with Crippen LogP contribution in [0.3, 0.4) is 0 Å². The van der Waals surface area contributed by atoms with E-state index in [0.29, 0.717) is 6.54 Å². The van der Waals surface area contributed by atoms with E-state index in [1.54, 1.807) is 0 Å². The molecular formula is C14H27Cl2N5O. The molecular weight excluding hydrogens is 325 g/mol. The standard InChI is InChI=1S/C14H25N5O.2ClH/c1-11(7-15-2)14(20)17-12-5-4-6-19(9-12)13-8-16-18(3)10-13;;/h8,10-12,15H,4-7,9H2,1-3H3,(H,17,20);2*1H. The fourth-order valence-corrected chi connectivity index (χ4v) is 2.64. The summed E-state index contributed by atoms with van der Waals surface area (Å²) in [4.78, 5) is 14.4. The maximum absolute atomic E-state index is 12.1. The van der Waals surface area contributed by atoms with Crippen LogP contribution in [0, 0.1) is 5.92 Å². The van der Waals surface area contributed by atoms with Crippen molar-refractivity contribution < 1.29 is 4.79 Å². The Morgan fingerprint density at radius 3 is 2.82 bits per heavy atom. The van der Waals surface area contributed by atoms with Gasteiger partial charge in [0.2, 0.25) is 5.91 Å². The summed E-state index contributed by atoms with van der Waals surface area (Å²) in [5, 5.41) is 10.4. The topological polar surface area (TPSA) is 62.2 Å². The van der Waals surface area contributed by atoms with Gasteiger partial charge in [-0.05, 0) is 19.9 Å². The van der Waals surface area contributed by atoms with Gasteiger partial charge in [0, 0.05) is 44.8 Å². The average Bonchev–Trinajstić information content (AvgIpc) is 2.86. The van der Waals surface area contributed by atoms with E-state index in [9.17, 15) is 4.79 Å². The zero-order valence-corrected chi connectivity index (χ0v) is 15.0. The highest BCUT2D eigenvalue weighted by atomic mass is 35.5. The lowest BCUT2D eigenvalue weighted by Crippen LogP contribution is -2.49. The summed E-state index contributed by atoms with van der Waals surface area (Å²) in [6.07, 6.45) is 6.05. The molecule has 1 aliphatic heterocycles. The third-order valence-electron chi connectivity index (χ3n) is 3.78. The number of carbonyl (C=O) groups excluding carboxylic acids is 1. The fraction of sp³-hybridized carbons (Fsp3) is 0.714. The van der Waals surface area contributed by atoms with Crippen molar-refractivity contribution in [3.05, 3.63) is 12.4 Å². The Morgan fingerprint density at radius 2 is 2.23 bits per heavy atom. The predicted octanol–water partition coefficient (Wildman–Crippen LogP) is 1.20. The molecule has 1 saturated heterocycles. The molecule has 8 heteroatoms. The van der Waals surface area contributed by atoms with E-state index in [0.717, 1.165) is 31.6 Å². The van der Waals surface area contributed by atoms with Crippen molar-refractivity contribution in [2.45, 2.75) is 25.8 Å². The van der Waals surface area contributed by atoms with Gasteiger partial charge in [-0.2, -0.15) is 5.10 Å². The summed E-state index contributed by atoms with van der Waals surface area (Å²) in [5.74, 6) is 0.145. The first-order valence-electron chi connectivity index (χ1n) is 7.28. The van der Waals surface area contributed by atoms with Gasteiger partial charge in [0.25, 0.3) is 0 Å². The number of rotatable bonds is 5. The molecule has 1 aromatic heterocycles. The SMILES string of the molecule is CNCC(C)C(=O)NC1CCCN(c2cnn(C)c2)C1.Cl.Cl. The number of aryl methyl sites for hydroxylation is 1. The van der Waals surface area contributed by atoms with E-state index in [1.165, 1.54) is 0 Å². The maximum Gasteiger partial charge on any atom is 0.224 e. The average molecular weight is 352 g/mol. The molecule has 1 amide bonds. The number of anilines is 1. The van der Waals surface area contributed by atoms with E-state index in [1.807, 2.05) is 38.1 Å². The van der Waals surface area contributed by atoms with Gasteiger partial charge in [0.05, 0.1) is 11.9 Å². The third kappa shape index (κ3) is 5.66. The fourth-order valence-electron chi connectivity index (χ4n) is 2.64. The van der Waals surface area contributed by atoms with Gasteiger partial charge in [-0.15, -0.1) is 24.8 Å². The lowest BCUT2D eigenvalue weighted by atomic mass is 10.0. The molecule has 0 spiro atoms. The normalized spacial score (nSPS) is 18.9. The first kappa shape index (κ1) is 21.0. The second-order valence-electron chi connectivity index (χ2n) is 5.62. The van der Waals surface area contributed by atoms with Crippen LogP contribution in [0.5, 0.6) is 0 Å². The number of hydrogen-bond donors (Lipinski definition) is 2. The van der Waals surface area contributed by atoms with E-state index in [2.05, 4.69) is 20.6 Å². The Labute approximate surface area is 144 Å². The quantitative estimate of drug-likeness (QED) is 0.836. The van der Waals surface area contributed by atoms with E-state index in [-0.39, 0.29) is 42.7 Å². The molecule has 22 heavy (non-hydrogen) atoms. The molecule has 0 aliphatic carbocycles. The van der Waals surface area contributed by atoms with Crippen LogP contribution in [0.25, 0.3) is 0 Å². The van der Waals surface area contributed by atoms with Gasteiger partial charge in [-0.1, -0.05) is 6.92 Å². The van der Waals surface area contributed by atoms with Crippen LogP contribution >= 0.6 is 24.8 Å². The highest BCUT2D eigenvalue weighted by Crippen LogP contribution is 2.19. The van der Waals surface area contributed by atoms with Gasteiger partial charge in [-0.25, -0.2) is 0 Å². The molecule has 1 aromatic rings. The lowest BCUT2D eigenvalue weighted by molar-refractivity contribution is -0.125. The Hall–Kier alpha value is -0.980. The molecule has 2 rings (SSSR count). The third-order valence-corrected chi connectivity index (χ3v) is 3.78. The molecule has 0 aromatic carbocycles. The van der Waals surface area contributed by atoms with Crippen LogP contribution in [0.2, 0.25) is 0 Å². The van der Waals surface area contributed by atoms with E-state index < -0.39 is 0 Å². The summed E-state index contributed by atoms with van der Waals surface area (Å²) < 4.78 is 1.81. The number of carbonyl (C=O) groups is 1. The van der Waals surface area contributed by atoms with Crippen molar-refractivity contribution in [3.63, 3.8) is 0 Å². The first-order chi connectivity index (χ1) is 9.60. The molecule has 128 valence electrons. The van der Waals surface area contributed by atoms with Crippen LogP contribution in [-0.2, 0) is 11.8 Å². The van der Waals surface area contributed by atoms with Crippen LogP contribution in [0.1, 0.15) is 19.8 Å². The van der Waals surface area contributed by atoms with E-state index >= 15 is 0 Å². The summed E-state index contributed by atoms with van der Waals surface area (Å²) >= 11 is 0. The van der Waals surface area contributed by atoms with Crippen LogP contribution < -0.4 is 15.5 Å². The largest absolute Gasteiger partial charge is 0.367 e. The minimum atomic E-state index is 0. The van der Waals surface area contributed by atoms with Crippen molar-refractivity contribution >= 4 is 36.4 Å². The molecule has 0 saturated carbocycles. The zero-order valence-electron chi connectivity index (χ0n) is 13.4. The van der Waals surface area contributed by atoms with Crippen molar-refractivity contribution in [1.82, 2.24) is 20.4 Å². The van der Waals surface area contributed by atoms with Crippen LogP contribution in [0.4, 0.5) is 5.69 Å². The smallest absolute Gasteiger partial charge is 0.224 e. The summed E-state index contributed by atoms with van der Waals surface area (Å²) in [6, 6.07) is 0.232. The summed E-state index contributed by atoms with van der Waals surface area (Å²) in [7, 11) is 3.79. The zero-order chi connectivity index (χ0) is 14.5. The maximum atomic E-state index is 12.1. The van der Waals surface area contributed by atoms with Crippen molar-refractivity contribution in [3.8, 4) is 0 Å². The molecule has 2 heterocycles. The number of piperidine rings is 1. The van der Waals surface area contributed by atoms with Crippen molar-refractivity contribution in [2.75, 3.05) is 31.6 Å². The van der Waals surface area contributed by atoms with E-state index in [4.69, 9.17) is 0 Å². The van der Waals surface area contributed by atoms with Crippen molar-refractivity contribution in [1.29, 1.82) is 0 Å². The van der Waals surface area contributed by atoms with Gasteiger partial charge < -0.3 is 15.5 Å². The van der Waals surface area contributed by atoms with Crippen molar-refractivity contribution in [2.24, 2.45) is 13.0 Å². The van der Waals surface area contributed by atoms with Gasteiger partial charge >= 0.3 is 0 Å². The lowest BCUT2D eigenvalue weighted by Gasteiger charge is -2.34. The minimum Gasteiger partial charge on any atom is -0.367 e. The highest BCUT2D eigenvalue weighted by Gasteiger charge is 2.23. The molecule has 2 unspecified atom stereocenters. The Bertz CT molecular complexity index is 454. The summed E-state index contributed by atoms with van der Waals surface area (Å²) in [6.45, 7) is 4.56. The second-order valence-corrected chi connectivity index (χ2v) is 5.62. The van der Waals surface area contributed by atoms with Crippen LogP contribution in [0.15, 0.2) is 12.4 Å². The molecule has 1 aliphatic rings. The Balaban J connectivity index is 0.00000220. The molecule has 0 bridgehead atoms. The first-order valence-corrected chi connectivity index (χ1v) is 7.28. The second kappa shape index (κ2) is 9.92. The summed E-state index contributed by atoms with van der Waals surface area (Å²) in [5.41, 5.74) is 1.13. The molecule has 2 N–H and O–H groups in total. The molecule has 6 nitrogen and oxygen atoms in total. The predicted molar refractivity (Wildman–Crippen MR) is 94.2 cm³/mol. The van der Waals surface area contributed by atoms with Gasteiger partial charge in [0.15, 0.2) is 0 Å². The number of amides is 1. The molecule has 2 atom stereocenters. The Morgan fingerprint density at radius 1 is 1.50 bits per heavy atom. The minimum absolute atomic E-state index is 0. The van der Waals surface area contributed by atoms with Crippen LogP contribution in [-0.4, -0.2) is 48.4 Å². The van der Waals surface area contributed by atoms with Gasteiger partial charge in [0.1, 0.15) is 0 Å². The number of nitrogens with one attached hydrogen (secondary N) is 2. The molecule has 0 radical (unpaired) electrons. The number of aromatic nitrogens is 2. The van der Waals surface area contributed by atoms with Gasteiger partial charge in [-0.3, -0.25) is 9.48 Å². The number of nitrogens with zero attached hydrogens (tertiary/aromatic N) is 3. The monoisotopic (exact) mass is 351 g/mol. The molecule has 1 fully saturated rings. The number of hydrogen-bond acceptors (Lipinski definition) is 4. The number of halogens is 2.